The third kappa shape index (κ3) is 5.28. The molecule has 0 saturated carbocycles. The minimum absolute atomic E-state index is 0.0835. The van der Waals surface area contributed by atoms with E-state index in [4.69, 9.17) is 9.47 Å². The van der Waals surface area contributed by atoms with Crippen LogP contribution in [-0.2, 0) is 4.74 Å². The van der Waals surface area contributed by atoms with E-state index in [9.17, 15) is 9.59 Å². The number of carbonyl (C=O) groups is 2. The Kier molecular flexibility index (Phi) is 6.38. The summed E-state index contributed by atoms with van der Waals surface area (Å²) in [5.41, 5.74) is -0.987. The smallest absolute Gasteiger partial charge is 0.408 e. The summed E-state index contributed by atoms with van der Waals surface area (Å²) in [6.07, 6.45) is -1.04. The van der Waals surface area contributed by atoms with Crippen molar-refractivity contribution >= 4 is 11.9 Å². The lowest BCUT2D eigenvalue weighted by Gasteiger charge is -2.28. The van der Waals surface area contributed by atoms with Gasteiger partial charge < -0.3 is 14.8 Å². The van der Waals surface area contributed by atoms with E-state index in [2.05, 4.69) is 5.32 Å². The van der Waals surface area contributed by atoms with Crippen molar-refractivity contribution in [2.24, 2.45) is 0 Å². The molecule has 2 aromatic rings. The molecule has 0 heterocycles. The van der Waals surface area contributed by atoms with Gasteiger partial charge in [-0.25, -0.2) is 4.79 Å². The van der Waals surface area contributed by atoms with Gasteiger partial charge in [0.05, 0.1) is 7.11 Å². The van der Waals surface area contributed by atoms with Crippen LogP contribution in [0.4, 0.5) is 13.6 Å². The molecule has 1 amide bonds. The van der Waals surface area contributed by atoms with Gasteiger partial charge in [0.2, 0.25) is 5.78 Å². The second kappa shape index (κ2) is 8.37. The number of benzene rings is 2. The molecule has 0 bridgehead atoms. The molecule has 1 atom stereocenters. The van der Waals surface area contributed by atoms with Gasteiger partial charge in [0.25, 0.3) is 0 Å². The molecule has 0 fully saturated rings. The van der Waals surface area contributed by atoms with E-state index in [1.54, 1.807) is 39.0 Å². The van der Waals surface area contributed by atoms with E-state index in [1.807, 2.05) is 0 Å². The fraction of sp³-hybridized carbons (Fsp3) is 0.333. The van der Waals surface area contributed by atoms with Crippen molar-refractivity contribution in [1.82, 2.24) is 5.32 Å². The summed E-state index contributed by atoms with van der Waals surface area (Å²) >= 11 is 0. The number of halogens is 2. The highest BCUT2D eigenvalue weighted by Crippen LogP contribution is 2.35. The summed E-state index contributed by atoms with van der Waals surface area (Å²) in [5.74, 6) is -4.89. The molecule has 0 radical (unpaired) electrons. The van der Waals surface area contributed by atoms with Gasteiger partial charge in [-0.15, -0.1) is 0 Å². The Hall–Kier alpha value is -2.96. The van der Waals surface area contributed by atoms with Crippen LogP contribution in [0.25, 0.3) is 0 Å². The van der Waals surface area contributed by atoms with Crippen molar-refractivity contribution in [3.63, 3.8) is 0 Å². The first-order valence-corrected chi connectivity index (χ1v) is 8.65. The van der Waals surface area contributed by atoms with Crippen LogP contribution < -0.4 is 10.1 Å². The SMILES string of the molecule is COc1ccc(C(=O)C(F)(F)[C@@H](NC(=O)OC(C)(C)C)c2ccccc2)cc1. The van der Waals surface area contributed by atoms with Gasteiger partial charge in [-0.2, -0.15) is 8.78 Å². The molecule has 0 unspecified atom stereocenters. The third-order valence-electron chi connectivity index (χ3n) is 3.81. The quantitative estimate of drug-likeness (QED) is 0.720. The zero-order valence-corrected chi connectivity index (χ0v) is 16.2. The van der Waals surface area contributed by atoms with Crippen molar-refractivity contribution in [3.05, 3.63) is 65.7 Å². The molecule has 2 rings (SSSR count). The Morgan fingerprint density at radius 2 is 1.54 bits per heavy atom. The predicted octanol–water partition coefficient (Wildman–Crippen LogP) is 4.78. The number of hydrogen-bond acceptors (Lipinski definition) is 4. The zero-order valence-electron chi connectivity index (χ0n) is 16.2. The second-order valence-electron chi connectivity index (χ2n) is 7.17. The fourth-order valence-corrected chi connectivity index (χ4v) is 2.52. The van der Waals surface area contributed by atoms with E-state index in [-0.39, 0.29) is 11.1 Å². The standard InChI is InChI=1S/C21H23F2NO4/c1-20(2,3)28-19(26)24-17(14-8-6-5-7-9-14)21(22,23)18(25)15-10-12-16(27-4)13-11-15/h5-13,17H,1-4H3,(H,24,26)/t17-/m0/s1. The number of alkyl carbamates (subject to hydrolysis) is 1. The first-order chi connectivity index (χ1) is 13.0. The summed E-state index contributed by atoms with van der Waals surface area (Å²) in [6.45, 7) is 4.85. The summed E-state index contributed by atoms with van der Waals surface area (Å²) in [5, 5.41) is 2.15. The van der Waals surface area contributed by atoms with Crippen LogP contribution in [0.3, 0.4) is 0 Å². The van der Waals surface area contributed by atoms with Crippen LogP contribution >= 0.6 is 0 Å². The van der Waals surface area contributed by atoms with Crippen LogP contribution in [0.1, 0.15) is 42.7 Å². The molecule has 0 aliphatic carbocycles. The van der Waals surface area contributed by atoms with Crippen molar-refractivity contribution in [1.29, 1.82) is 0 Å². The van der Waals surface area contributed by atoms with Gasteiger partial charge in [-0.05, 0) is 50.6 Å². The lowest BCUT2D eigenvalue weighted by atomic mass is 9.94. The number of nitrogens with one attached hydrogen (secondary N) is 1. The fourth-order valence-electron chi connectivity index (χ4n) is 2.52. The molecular formula is C21H23F2NO4. The molecule has 5 nitrogen and oxygen atoms in total. The van der Waals surface area contributed by atoms with Crippen molar-refractivity contribution < 1.29 is 27.8 Å². The average Bonchev–Trinajstić information content (AvgIpc) is 2.64. The van der Waals surface area contributed by atoms with E-state index < -0.39 is 29.4 Å². The molecule has 0 aromatic heterocycles. The van der Waals surface area contributed by atoms with E-state index in [0.29, 0.717) is 5.75 Å². The topological polar surface area (TPSA) is 64.6 Å². The first-order valence-electron chi connectivity index (χ1n) is 8.65. The molecule has 7 heteroatoms. The van der Waals surface area contributed by atoms with Gasteiger partial charge in [-0.3, -0.25) is 4.79 Å². The zero-order chi connectivity index (χ0) is 20.9. The number of ether oxygens (including phenoxy) is 2. The lowest BCUT2D eigenvalue weighted by Crippen LogP contribution is -2.47. The number of methoxy groups -OCH3 is 1. The van der Waals surface area contributed by atoms with Gasteiger partial charge in [0, 0.05) is 5.56 Å². The van der Waals surface area contributed by atoms with E-state index in [1.165, 1.54) is 43.5 Å². The molecule has 0 aliphatic heterocycles. The molecule has 2 aromatic carbocycles. The van der Waals surface area contributed by atoms with E-state index in [0.717, 1.165) is 0 Å². The Labute approximate surface area is 162 Å². The predicted molar refractivity (Wildman–Crippen MR) is 101 cm³/mol. The van der Waals surface area contributed by atoms with Crippen LogP contribution in [0, 0.1) is 0 Å². The minimum atomic E-state index is -3.91. The summed E-state index contributed by atoms with van der Waals surface area (Å²) in [6, 6.07) is 11.0. The van der Waals surface area contributed by atoms with Crippen molar-refractivity contribution in [2.75, 3.05) is 7.11 Å². The van der Waals surface area contributed by atoms with Crippen LogP contribution in [-0.4, -0.2) is 30.5 Å². The highest BCUT2D eigenvalue weighted by molar-refractivity contribution is 6.02. The third-order valence-corrected chi connectivity index (χ3v) is 3.81. The van der Waals surface area contributed by atoms with Gasteiger partial charge >= 0.3 is 12.0 Å². The van der Waals surface area contributed by atoms with Crippen LogP contribution in [0.15, 0.2) is 54.6 Å². The Morgan fingerprint density at radius 1 is 0.964 bits per heavy atom. The maximum absolute atomic E-state index is 15.2. The Morgan fingerprint density at radius 3 is 2.04 bits per heavy atom. The number of hydrogen-bond donors (Lipinski definition) is 1. The average molecular weight is 391 g/mol. The van der Waals surface area contributed by atoms with Crippen LogP contribution in [0.2, 0.25) is 0 Å². The van der Waals surface area contributed by atoms with Gasteiger partial charge in [0.15, 0.2) is 0 Å². The number of carbonyl (C=O) groups excluding carboxylic acids is 2. The minimum Gasteiger partial charge on any atom is -0.497 e. The van der Waals surface area contributed by atoms with Crippen molar-refractivity contribution in [3.8, 4) is 5.75 Å². The Balaban J connectivity index is 2.36. The number of ketones is 1. The molecular weight excluding hydrogens is 368 g/mol. The summed E-state index contributed by atoms with van der Waals surface area (Å²) < 4.78 is 40.4. The monoisotopic (exact) mass is 391 g/mol. The summed E-state index contributed by atoms with van der Waals surface area (Å²) in [4.78, 5) is 24.7. The summed E-state index contributed by atoms with van der Waals surface area (Å²) in [7, 11) is 1.43. The second-order valence-corrected chi connectivity index (χ2v) is 7.17. The molecule has 0 spiro atoms. The van der Waals surface area contributed by atoms with Crippen LogP contribution in [0.5, 0.6) is 5.75 Å². The highest BCUT2D eigenvalue weighted by Gasteiger charge is 2.49. The molecule has 0 saturated heterocycles. The van der Waals surface area contributed by atoms with E-state index >= 15 is 8.78 Å². The largest absolute Gasteiger partial charge is 0.497 e. The van der Waals surface area contributed by atoms with Crippen molar-refractivity contribution in [2.45, 2.75) is 38.3 Å². The van der Waals surface area contributed by atoms with Gasteiger partial charge in [0.1, 0.15) is 17.4 Å². The Bertz CT molecular complexity index is 815. The number of amides is 1. The normalized spacial score (nSPS) is 12.8. The first kappa shape index (κ1) is 21.3. The van der Waals surface area contributed by atoms with Gasteiger partial charge in [-0.1, -0.05) is 30.3 Å². The highest BCUT2D eigenvalue weighted by atomic mass is 19.3. The molecule has 150 valence electrons. The lowest BCUT2D eigenvalue weighted by molar-refractivity contribution is -0.0208. The number of Topliss-reactive ketones (excluding diaryl/α,β-unsaturated/α-hetero) is 1. The molecule has 0 aliphatic rings. The molecule has 1 N–H and O–H groups in total. The maximum atomic E-state index is 15.2. The molecule has 28 heavy (non-hydrogen) atoms. The number of alkyl halides is 2. The number of rotatable bonds is 6. The maximum Gasteiger partial charge on any atom is 0.408 e.